The molecule has 0 spiro atoms. The van der Waals surface area contributed by atoms with Crippen molar-refractivity contribution in [2.24, 2.45) is 0 Å². The van der Waals surface area contributed by atoms with Crippen LogP contribution in [0.3, 0.4) is 0 Å². The van der Waals surface area contributed by atoms with Gasteiger partial charge < -0.3 is 0 Å². The van der Waals surface area contributed by atoms with Gasteiger partial charge in [-0.1, -0.05) is 15.9 Å². The van der Waals surface area contributed by atoms with E-state index in [4.69, 9.17) is 0 Å². The van der Waals surface area contributed by atoms with E-state index in [1.807, 2.05) is 0 Å². The fourth-order valence-electron chi connectivity index (χ4n) is 1.81. The van der Waals surface area contributed by atoms with E-state index in [9.17, 15) is 9.18 Å². The number of halogens is 2. The quantitative estimate of drug-likeness (QED) is 0.849. The molecule has 0 bridgehead atoms. The number of rotatable bonds is 3. The summed E-state index contributed by atoms with van der Waals surface area (Å²) in [4.78, 5) is 11.9. The molecule has 1 nitrogen and oxygen atoms in total. The Kier molecular flexibility index (Phi) is 4.03. The Morgan fingerprint density at radius 1 is 1.56 bits per heavy atom. The molecule has 1 aliphatic heterocycles. The standard InChI is InChI=1S/C12H12BrFOS/c13-10-4-3-9(14)6-8(10)7-11(15)12-2-1-5-16-12/h3-4,6,12H,1-2,5,7H2. The van der Waals surface area contributed by atoms with Gasteiger partial charge >= 0.3 is 0 Å². The van der Waals surface area contributed by atoms with Crippen LogP contribution in [-0.2, 0) is 11.2 Å². The van der Waals surface area contributed by atoms with Crippen LogP contribution in [0.1, 0.15) is 18.4 Å². The Labute approximate surface area is 107 Å². The van der Waals surface area contributed by atoms with Gasteiger partial charge in [0.15, 0.2) is 0 Å². The summed E-state index contributed by atoms with van der Waals surface area (Å²) in [7, 11) is 0. The number of hydrogen-bond donors (Lipinski definition) is 0. The van der Waals surface area contributed by atoms with E-state index in [-0.39, 0.29) is 16.9 Å². The molecule has 0 aromatic heterocycles. The van der Waals surface area contributed by atoms with Crippen molar-refractivity contribution in [3.63, 3.8) is 0 Å². The van der Waals surface area contributed by atoms with Crippen molar-refractivity contribution in [1.29, 1.82) is 0 Å². The minimum absolute atomic E-state index is 0.121. The monoisotopic (exact) mass is 302 g/mol. The molecule has 1 heterocycles. The Balaban J connectivity index is 2.07. The van der Waals surface area contributed by atoms with Crippen LogP contribution in [0.4, 0.5) is 4.39 Å². The number of carbonyl (C=O) groups is 1. The molecule has 86 valence electrons. The Bertz CT molecular complexity index is 402. The molecule has 1 saturated heterocycles. The molecule has 0 N–H and O–H groups in total. The van der Waals surface area contributed by atoms with Gasteiger partial charge in [0, 0.05) is 10.9 Å². The van der Waals surface area contributed by atoms with Gasteiger partial charge in [-0.3, -0.25) is 4.79 Å². The van der Waals surface area contributed by atoms with Gasteiger partial charge in [0.2, 0.25) is 0 Å². The van der Waals surface area contributed by atoms with Gasteiger partial charge in [0.25, 0.3) is 0 Å². The topological polar surface area (TPSA) is 17.1 Å². The lowest BCUT2D eigenvalue weighted by atomic mass is 10.0. The van der Waals surface area contributed by atoms with Crippen LogP contribution in [0, 0.1) is 5.82 Å². The van der Waals surface area contributed by atoms with E-state index in [2.05, 4.69) is 15.9 Å². The molecular formula is C12H12BrFOS. The largest absolute Gasteiger partial charge is 0.298 e. The van der Waals surface area contributed by atoms with Crippen LogP contribution in [0.15, 0.2) is 22.7 Å². The summed E-state index contributed by atoms with van der Waals surface area (Å²) in [5.74, 6) is 1.000. The molecule has 0 saturated carbocycles. The van der Waals surface area contributed by atoms with Crippen molar-refractivity contribution in [3.8, 4) is 0 Å². The summed E-state index contributed by atoms with van der Waals surface area (Å²) in [5.41, 5.74) is 0.748. The second-order valence-electron chi connectivity index (χ2n) is 3.88. The van der Waals surface area contributed by atoms with Crippen molar-refractivity contribution in [2.75, 3.05) is 5.75 Å². The lowest BCUT2D eigenvalue weighted by Crippen LogP contribution is -2.16. The minimum atomic E-state index is -0.287. The van der Waals surface area contributed by atoms with E-state index in [1.54, 1.807) is 17.8 Å². The van der Waals surface area contributed by atoms with E-state index in [0.717, 1.165) is 28.6 Å². The summed E-state index contributed by atoms with van der Waals surface area (Å²) >= 11 is 5.06. The van der Waals surface area contributed by atoms with Crippen LogP contribution in [0.2, 0.25) is 0 Å². The molecule has 1 atom stereocenters. The number of Topliss-reactive ketones (excluding diaryl/α,β-unsaturated/α-hetero) is 1. The van der Waals surface area contributed by atoms with E-state index in [0.29, 0.717) is 6.42 Å². The smallest absolute Gasteiger partial charge is 0.150 e. The second-order valence-corrected chi connectivity index (χ2v) is 6.05. The first-order chi connectivity index (χ1) is 7.66. The summed E-state index contributed by atoms with van der Waals surface area (Å²) in [6.45, 7) is 0. The molecule has 2 rings (SSSR count). The van der Waals surface area contributed by atoms with Crippen LogP contribution in [0.25, 0.3) is 0 Å². The number of hydrogen-bond acceptors (Lipinski definition) is 2. The molecule has 1 unspecified atom stereocenters. The zero-order chi connectivity index (χ0) is 11.5. The number of carbonyl (C=O) groups excluding carboxylic acids is 1. The minimum Gasteiger partial charge on any atom is -0.298 e. The van der Waals surface area contributed by atoms with Gasteiger partial charge in [-0.05, 0) is 42.4 Å². The van der Waals surface area contributed by atoms with Gasteiger partial charge in [-0.15, -0.1) is 0 Å². The first-order valence-electron chi connectivity index (χ1n) is 5.25. The molecule has 16 heavy (non-hydrogen) atoms. The predicted octanol–water partition coefficient (Wildman–Crippen LogP) is 3.60. The maximum atomic E-state index is 13.0. The van der Waals surface area contributed by atoms with E-state index >= 15 is 0 Å². The van der Waals surface area contributed by atoms with Crippen molar-refractivity contribution in [3.05, 3.63) is 34.1 Å². The average Bonchev–Trinajstić information content (AvgIpc) is 2.76. The maximum absolute atomic E-state index is 13.0. The summed E-state index contributed by atoms with van der Waals surface area (Å²) < 4.78 is 13.8. The van der Waals surface area contributed by atoms with Gasteiger partial charge in [-0.25, -0.2) is 4.39 Å². The lowest BCUT2D eigenvalue weighted by Gasteiger charge is -2.08. The normalized spacial score (nSPS) is 20.0. The average molecular weight is 303 g/mol. The molecule has 1 aliphatic rings. The third kappa shape index (κ3) is 2.86. The van der Waals surface area contributed by atoms with Gasteiger partial charge in [0.05, 0.1) is 5.25 Å². The zero-order valence-electron chi connectivity index (χ0n) is 8.71. The first-order valence-corrected chi connectivity index (χ1v) is 7.09. The molecule has 0 radical (unpaired) electrons. The van der Waals surface area contributed by atoms with Crippen LogP contribution in [-0.4, -0.2) is 16.8 Å². The molecular weight excluding hydrogens is 291 g/mol. The second kappa shape index (κ2) is 5.32. The van der Waals surface area contributed by atoms with Crippen LogP contribution < -0.4 is 0 Å². The fourth-order valence-corrected chi connectivity index (χ4v) is 3.42. The van der Waals surface area contributed by atoms with Crippen LogP contribution in [0.5, 0.6) is 0 Å². The number of ketones is 1. The Hall–Kier alpha value is -0.350. The van der Waals surface area contributed by atoms with Crippen molar-refractivity contribution in [2.45, 2.75) is 24.5 Å². The first kappa shape index (κ1) is 12.1. The molecule has 1 aromatic carbocycles. The van der Waals surface area contributed by atoms with Crippen molar-refractivity contribution >= 4 is 33.5 Å². The highest BCUT2D eigenvalue weighted by Crippen LogP contribution is 2.28. The number of benzene rings is 1. The summed E-state index contributed by atoms with van der Waals surface area (Å²) in [6.07, 6.45) is 2.41. The third-order valence-corrected chi connectivity index (χ3v) is 4.86. The highest BCUT2D eigenvalue weighted by molar-refractivity contribution is 9.10. The van der Waals surface area contributed by atoms with Gasteiger partial charge in [-0.2, -0.15) is 11.8 Å². The lowest BCUT2D eigenvalue weighted by molar-refractivity contribution is -0.117. The summed E-state index contributed by atoms with van der Waals surface area (Å²) in [6, 6.07) is 4.48. The molecule has 0 amide bonds. The number of thioether (sulfide) groups is 1. The SMILES string of the molecule is O=C(Cc1cc(F)ccc1Br)C1CCCS1. The van der Waals surface area contributed by atoms with E-state index in [1.165, 1.54) is 12.1 Å². The molecule has 1 aromatic rings. The van der Waals surface area contributed by atoms with Gasteiger partial charge in [0.1, 0.15) is 11.6 Å². The van der Waals surface area contributed by atoms with Crippen molar-refractivity contribution < 1.29 is 9.18 Å². The van der Waals surface area contributed by atoms with Crippen LogP contribution >= 0.6 is 27.7 Å². The Morgan fingerprint density at radius 2 is 2.38 bits per heavy atom. The summed E-state index contributed by atoms with van der Waals surface area (Å²) in [5, 5.41) is 0.121. The van der Waals surface area contributed by atoms with E-state index < -0.39 is 0 Å². The molecule has 1 fully saturated rings. The zero-order valence-corrected chi connectivity index (χ0v) is 11.1. The highest BCUT2D eigenvalue weighted by Gasteiger charge is 2.23. The third-order valence-electron chi connectivity index (χ3n) is 2.66. The predicted molar refractivity (Wildman–Crippen MR) is 68.3 cm³/mol. The highest BCUT2D eigenvalue weighted by atomic mass is 79.9. The molecule has 4 heteroatoms. The Morgan fingerprint density at radius 3 is 3.06 bits per heavy atom. The fraction of sp³-hybridized carbons (Fsp3) is 0.417. The molecule has 0 aliphatic carbocycles. The van der Waals surface area contributed by atoms with Crippen molar-refractivity contribution in [1.82, 2.24) is 0 Å². The maximum Gasteiger partial charge on any atom is 0.150 e.